The number of likely N-dealkylation sites (N-methyl/N-ethyl adjacent to an activating group) is 1. The van der Waals surface area contributed by atoms with E-state index in [0.717, 1.165) is 11.4 Å². The number of carbonyl (C=O) groups excluding carboxylic acids is 1. The van der Waals surface area contributed by atoms with E-state index in [1.165, 1.54) is 10.4 Å². The minimum Gasteiger partial charge on any atom is -0.325 e. The maximum Gasteiger partial charge on any atom is 0.279 e. The van der Waals surface area contributed by atoms with E-state index in [4.69, 9.17) is 11.6 Å². The molecule has 106 valence electrons. The van der Waals surface area contributed by atoms with Gasteiger partial charge in [-0.2, -0.15) is 0 Å². The van der Waals surface area contributed by atoms with Crippen LogP contribution < -0.4 is 10.2 Å². The summed E-state index contributed by atoms with van der Waals surface area (Å²) >= 11 is 7.64. The molecule has 4 nitrogen and oxygen atoms in total. The second kappa shape index (κ2) is 6.83. The smallest absolute Gasteiger partial charge is 0.279 e. The van der Waals surface area contributed by atoms with Crippen LogP contribution in [-0.4, -0.2) is 24.5 Å². The molecule has 2 N–H and O–H groups in total. The Kier molecular flexibility index (Phi) is 5.11. The summed E-state index contributed by atoms with van der Waals surface area (Å²) in [6.07, 6.45) is 1.59. The van der Waals surface area contributed by atoms with Crippen molar-refractivity contribution in [1.82, 2.24) is 4.98 Å². The molecule has 0 aliphatic carbocycles. The topological polar surface area (TPSA) is 46.4 Å². The molecule has 0 bridgehead atoms. The number of amides is 1. The van der Waals surface area contributed by atoms with Gasteiger partial charge in [0.1, 0.15) is 6.54 Å². The molecule has 2 aromatic heterocycles. The predicted octanol–water partition coefficient (Wildman–Crippen LogP) is 1.76. The standard InChI is InChI=1S/C14H16ClN3OS/c1-10-5-7-20-12(10)8-18(2)9-13(19)17-11-4-3-6-16-14(11)15/h3-7H,8-9H2,1-2H3,(H,17,19)/p+1. The van der Waals surface area contributed by atoms with Crippen molar-refractivity contribution in [2.24, 2.45) is 0 Å². The highest BCUT2D eigenvalue weighted by Gasteiger charge is 2.13. The Morgan fingerprint density at radius 1 is 1.50 bits per heavy atom. The van der Waals surface area contributed by atoms with Crippen molar-refractivity contribution in [3.05, 3.63) is 45.4 Å². The molecule has 0 fully saturated rings. The van der Waals surface area contributed by atoms with Gasteiger partial charge in [-0.15, -0.1) is 11.3 Å². The van der Waals surface area contributed by atoms with Gasteiger partial charge in [0.2, 0.25) is 0 Å². The van der Waals surface area contributed by atoms with Crippen molar-refractivity contribution in [1.29, 1.82) is 0 Å². The minimum absolute atomic E-state index is 0.0633. The highest BCUT2D eigenvalue weighted by molar-refractivity contribution is 7.10. The number of thiophene rings is 1. The van der Waals surface area contributed by atoms with E-state index in [2.05, 4.69) is 28.7 Å². The van der Waals surface area contributed by atoms with Gasteiger partial charge in [-0.1, -0.05) is 11.6 Å². The summed E-state index contributed by atoms with van der Waals surface area (Å²) in [6.45, 7) is 3.33. The fourth-order valence-electron chi connectivity index (χ4n) is 1.87. The Balaban J connectivity index is 1.88. The SMILES string of the molecule is Cc1ccsc1C[NH+](C)CC(=O)Nc1cccnc1Cl. The first kappa shape index (κ1) is 15.0. The molecule has 2 rings (SSSR count). The van der Waals surface area contributed by atoms with E-state index in [9.17, 15) is 4.79 Å². The highest BCUT2D eigenvalue weighted by Crippen LogP contribution is 2.17. The summed E-state index contributed by atoms with van der Waals surface area (Å²) in [5.74, 6) is -0.0633. The van der Waals surface area contributed by atoms with Gasteiger partial charge >= 0.3 is 0 Å². The van der Waals surface area contributed by atoms with Crippen LogP contribution in [0.25, 0.3) is 0 Å². The number of nitrogens with zero attached hydrogens (tertiary/aromatic N) is 1. The van der Waals surface area contributed by atoms with Gasteiger partial charge in [-0.25, -0.2) is 4.98 Å². The number of pyridine rings is 1. The molecule has 6 heteroatoms. The lowest BCUT2D eigenvalue weighted by atomic mass is 10.3. The number of carbonyl (C=O) groups is 1. The zero-order valence-corrected chi connectivity index (χ0v) is 13.0. The van der Waals surface area contributed by atoms with E-state index < -0.39 is 0 Å². The van der Waals surface area contributed by atoms with Crippen LogP contribution in [0.3, 0.4) is 0 Å². The highest BCUT2D eigenvalue weighted by atomic mass is 35.5. The normalized spacial score (nSPS) is 12.2. The van der Waals surface area contributed by atoms with Crippen LogP contribution in [0.15, 0.2) is 29.8 Å². The fraction of sp³-hybridized carbons (Fsp3) is 0.286. The number of anilines is 1. The van der Waals surface area contributed by atoms with Crippen LogP contribution >= 0.6 is 22.9 Å². The number of quaternary nitrogens is 1. The fourth-order valence-corrected chi connectivity index (χ4v) is 3.06. The molecule has 0 saturated heterocycles. The average Bonchev–Trinajstić information content (AvgIpc) is 2.77. The Morgan fingerprint density at radius 2 is 2.30 bits per heavy atom. The van der Waals surface area contributed by atoms with Crippen molar-refractivity contribution in [3.63, 3.8) is 0 Å². The van der Waals surface area contributed by atoms with Crippen LogP contribution in [0.1, 0.15) is 10.4 Å². The third-order valence-corrected chi connectivity index (χ3v) is 4.25. The first-order chi connectivity index (χ1) is 9.56. The van der Waals surface area contributed by atoms with Crippen molar-refractivity contribution in [2.75, 3.05) is 18.9 Å². The zero-order chi connectivity index (χ0) is 14.5. The van der Waals surface area contributed by atoms with E-state index in [1.54, 1.807) is 29.7 Å². The Labute approximate surface area is 127 Å². The summed E-state index contributed by atoms with van der Waals surface area (Å²) in [7, 11) is 2.00. The van der Waals surface area contributed by atoms with Crippen LogP contribution in [0.5, 0.6) is 0 Å². The van der Waals surface area contributed by atoms with Crippen molar-refractivity contribution < 1.29 is 9.69 Å². The predicted molar refractivity (Wildman–Crippen MR) is 82.4 cm³/mol. The number of aromatic nitrogens is 1. The number of halogens is 1. The summed E-state index contributed by atoms with van der Waals surface area (Å²) in [5.41, 5.74) is 1.84. The van der Waals surface area contributed by atoms with Gasteiger partial charge in [0, 0.05) is 6.20 Å². The Morgan fingerprint density at radius 3 is 2.95 bits per heavy atom. The number of rotatable bonds is 5. The number of hydrogen-bond donors (Lipinski definition) is 2. The maximum absolute atomic E-state index is 12.0. The molecular weight excluding hydrogens is 294 g/mol. The van der Waals surface area contributed by atoms with E-state index in [1.807, 2.05) is 7.05 Å². The molecule has 0 aromatic carbocycles. The minimum atomic E-state index is -0.0633. The quantitative estimate of drug-likeness (QED) is 0.827. The third kappa shape index (κ3) is 4.03. The van der Waals surface area contributed by atoms with Gasteiger partial charge in [0.25, 0.3) is 5.91 Å². The lowest BCUT2D eigenvalue weighted by molar-refractivity contribution is -0.884. The average molecular weight is 311 g/mol. The van der Waals surface area contributed by atoms with Crippen LogP contribution in [0, 0.1) is 6.92 Å². The second-order valence-electron chi connectivity index (χ2n) is 4.73. The molecule has 2 heterocycles. The van der Waals surface area contributed by atoms with Crippen LogP contribution in [0.2, 0.25) is 5.15 Å². The van der Waals surface area contributed by atoms with E-state index in [0.29, 0.717) is 17.4 Å². The van der Waals surface area contributed by atoms with Crippen LogP contribution in [-0.2, 0) is 11.3 Å². The molecular formula is C14H17ClN3OS+. The molecule has 0 radical (unpaired) electrons. The first-order valence-electron chi connectivity index (χ1n) is 6.31. The number of nitrogens with one attached hydrogen (secondary N) is 2. The summed E-state index contributed by atoms with van der Waals surface area (Å²) in [4.78, 5) is 18.3. The van der Waals surface area contributed by atoms with Gasteiger partial charge in [-0.3, -0.25) is 4.79 Å². The number of aryl methyl sites for hydroxylation is 1. The first-order valence-corrected chi connectivity index (χ1v) is 7.56. The summed E-state index contributed by atoms with van der Waals surface area (Å²) in [6, 6.07) is 5.59. The molecule has 0 aliphatic rings. The monoisotopic (exact) mass is 310 g/mol. The van der Waals surface area contributed by atoms with E-state index in [-0.39, 0.29) is 5.91 Å². The molecule has 0 saturated carbocycles. The molecule has 1 atom stereocenters. The molecule has 0 aliphatic heterocycles. The molecule has 20 heavy (non-hydrogen) atoms. The van der Waals surface area contributed by atoms with E-state index >= 15 is 0 Å². The molecule has 1 unspecified atom stereocenters. The molecule has 0 spiro atoms. The summed E-state index contributed by atoms with van der Waals surface area (Å²) < 4.78 is 0. The molecule has 1 amide bonds. The Bertz CT molecular complexity index is 600. The van der Waals surface area contributed by atoms with Crippen molar-refractivity contribution >= 4 is 34.5 Å². The van der Waals surface area contributed by atoms with Crippen LogP contribution in [0.4, 0.5) is 5.69 Å². The Hall–Kier alpha value is -1.43. The zero-order valence-electron chi connectivity index (χ0n) is 11.4. The molecule has 2 aromatic rings. The van der Waals surface area contributed by atoms with Gasteiger partial charge in [0.05, 0.1) is 17.6 Å². The number of hydrogen-bond acceptors (Lipinski definition) is 3. The van der Waals surface area contributed by atoms with Crippen molar-refractivity contribution in [3.8, 4) is 0 Å². The van der Waals surface area contributed by atoms with Gasteiger partial charge in [-0.05, 0) is 36.1 Å². The van der Waals surface area contributed by atoms with Gasteiger partial charge < -0.3 is 10.2 Å². The van der Waals surface area contributed by atoms with Crippen molar-refractivity contribution in [2.45, 2.75) is 13.5 Å². The lowest BCUT2D eigenvalue weighted by Gasteiger charge is -2.13. The van der Waals surface area contributed by atoms with Gasteiger partial charge in [0.15, 0.2) is 11.7 Å². The third-order valence-electron chi connectivity index (χ3n) is 2.93. The largest absolute Gasteiger partial charge is 0.325 e. The maximum atomic E-state index is 12.0. The lowest BCUT2D eigenvalue weighted by Crippen LogP contribution is -3.08. The summed E-state index contributed by atoms with van der Waals surface area (Å²) in [5, 5.41) is 5.17. The second-order valence-corrected chi connectivity index (χ2v) is 6.09.